The molecule has 0 spiro atoms. The minimum absolute atomic E-state index is 0.856. The molecule has 0 radical (unpaired) electrons. The van der Waals surface area contributed by atoms with E-state index in [1.165, 1.54) is 58.0 Å². The number of hydrogen-bond acceptors (Lipinski definition) is 2. The predicted molar refractivity (Wildman–Crippen MR) is 76.7 cm³/mol. The summed E-state index contributed by atoms with van der Waals surface area (Å²) in [6, 6.07) is 2.76. The lowest BCUT2D eigenvalue weighted by Gasteiger charge is -2.45. The first kappa shape index (κ1) is 12.9. The van der Waals surface area contributed by atoms with E-state index in [1.807, 2.05) is 0 Å². The molecule has 2 nitrogen and oxygen atoms in total. The maximum absolute atomic E-state index is 3.74. The van der Waals surface area contributed by atoms with Gasteiger partial charge in [0.1, 0.15) is 0 Å². The first-order chi connectivity index (χ1) is 8.74. The fourth-order valence-corrected chi connectivity index (χ4v) is 3.26. The van der Waals surface area contributed by atoms with Crippen LogP contribution in [0.15, 0.2) is 0 Å². The Labute approximate surface area is 113 Å². The van der Waals surface area contributed by atoms with Gasteiger partial charge < -0.3 is 5.32 Å². The zero-order valence-corrected chi connectivity index (χ0v) is 12.2. The lowest BCUT2D eigenvalue weighted by Crippen LogP contribution is -2.52. The number of nitrogens with one attached hydrogen (secondary N) is 1. The summed E-state index contributed by atoms with van der Waals surface area (Å²) in [7, 11) is 0. The van der Waals surface area contributed by atoms with E-state index >= 15 is 0 Å². The van der Waals surface area contributed by atoms with Crippen molar-refractivity contribution in [3.63, 3.8) is 0 Å². The Kier molecular flexibility index (Phi) is 3.95. The van der Waals surface area contributed by atoms with Crippen molar-refractivity contribution in [3.05, 3.63) is 0 Å². The van der Waals surface area contributed by atoms with Gasteiger partial charge in [-0.15, -0.1) is 0 Å². The fraction of sp³-hybridized carbons (Fsp3) is 1.00. The molecule has 0 bridgehead atoms. The minimum atomic E-state index is 0.856. The molecule has 0 aliphatic heterocycles. The van der Waals surface area contributed by atoms with Gasteiger partial charge in [0.25, 0.3) is 0 Å². The highest BCUT2D eigenvalue weighted by Gasteiger charge is 2.41. The average molecular weight is 250 g/mol. The first-order valence-corrected chi connectivity index (χ1v) is 8.23. The summed E-state index contributed by atoms with van der Waals surface area (Å²) in [5.74, 6) is 1.81. The second-order valence-corrected chi connectivity index (χ2v) is 7.24. The van der Waals surface area contributed by atoms with Gasteiger partial charge in [-0.05, 0) is 69.9 Å². The smallest absolute Gasteiger partial charge is 0.0139 e. The molecule has 0 aromatic rings. The molecule has 3 aliphatic rings. The highest BCUT2D eigenvalue weighted by atomic mass is 15.2. The maximum Gasteiger partial charge on any atom is 0.0139 e. The number of nitrogens with zero attached hydrogens (tertiary/aromatic N) is 1. The lowest BCUT2D eigenvalue weighted by atomic mass is 9.78. The van der Waals surface area contributed by atoms with Crippen LogP contribution in [-0.4, -0.2) is 36.1 Å². The third kappa shape index (κ3) is 3.27. The van der Waals surface area contributed by atoms with Crippen LogP contribution in [0.3, 0.4) is 0 Å². The van der Waals surface area contributed by atoms with Crippen LogP contribution in [-0.2, 0) is 0 Å². The molecule has 104 valence electrons. The van der Waals surface area contributed by atoms with E-state index < -0.39 is 0 Å². The van der Waals surface area contributed by atoms with Crippen molar-refractivity contribution < 1.29 is 0 Å². The Hall–Kier alpha value is -0.0800. The van der Waals surface area contributed by atoms with E-state index in [2.05, 4.69) is 24.1 Å². The van der Waals surface area contributed by atoms with Gasteiger partial charge in [0.15, 0.2) is 0 Å². The molecular weight excluding hydrogens is 220 g/mol. The predicted octanol–water partition coefficient (Wildman–Crippen LogP) is 3.03. The molecule has 2 unspecified atom stereocenters. The Morgan fingerprint density at radius 2 is 1.83 bits per heavy atom. The molecule has 3 aliphatic carbocycles. The Morgan fingerprint density at radius 3 is 2.33 bits per heavy atom. The molecule has 0 aromatic carbocycles. The summed E-state index contributed by atoms with van der Waals surface area (Å²) in [5.41, 5.74) is 0. The molecule has 0 heterocycles. The fourth-order valence-electron chi connectivity index (χ4n) is 3.26. The van der Waals surface area contributed by atoms with Crippen molar-refractivity contribution in [1.29, 1.82) is 0 Å². The largest absolute Gasteiger partial charge is 0.314 e. The van der Waals surface area contributed by atoms with E-state index in [0.717, 1.165) is 30.0 Å². The Morgan fingerprint density at radius 1 is 1.06 bits per heavy atom. The molecule has 3 rings (SSSR count). The molecule has 0 aromatic heterocycles. The van der Waals surface area contributed by atoms with E-state index in [4.69, 9.17) is 0 Å². The van der Waals surface area contributed by atoms with Crippen LogP contribution in [0.5, 0.6) is 0 Å². The molecule has 2 atom stereocenters. The quantitative estimate of drug-likeness (QED) is 0.712. The topological polar surface area (TPSA) is 15.3 Å². The third-order valence-electron chi connectivity index (χ3n) is 5.03. The van der Waals surface area contributed by atoms with Crippen LogP contribution in [0, 0.1) is 11.8 Å². The van der Waals surface area contributed by atoms with Crippen LogP contribution in [0.1, 0.15) is 58.8 Å². The van der Waals surface area contributed by atoms with Gasteiger partial charge in [-0.3, -0.25) is 4.90 Å². The zero-order chi connectivity index (χ0) is 12.5. The minimum Gasteiger partial charge on any atom is -0.314 e. The Bertz CT molecular complexity index is 268. The maximum atomic E-state index is 3.74. The highest BCUT2D eigenvalue weighted by Crippen LogP contribution is 2.39. The van der Waals surface area contributed by atoms with Crippen LogP contribution < -0.4 is 5.32 Å². The molecule has 0 saturated heterocycles. The van der Waals surface area contributed by atoms with E-state index in [9.17, 15) is 0 Å². The van der Waals surface area contributed by atoms with Crippen LogP contribution in [0.25, 0.3) is 0 Å². The second-order valence-electron chi connectivity index (χ2n) is 7.24. The summed E-state index contributed by atoms with van der Waals surface area (Å²) in [6.45, 7) is 7.36. The van der Waals surface area contributed by atoms with Gasteiger partial charge in [-0.2, -0.15) is 0 Å². The summed E-state index contributed by atoms with van der Waals surface area (Å²) >= 11 is 0. The molecule has 18 heavy (non-hydrogen) atoms. The van der Waals surface area contributed by atoms with E-state index in [1.54, 1.807) is 0 Å². The van der Waals surface area contributed by atoms with Gasteiger partial charge >= 0.3 is 0 Å². The lowest BCUT2D eigenvalue weighted by molar-refractivity contribution is 0.0511. The first-order valence-electron chi connectivity index (χ1n) is 8.23. The second kappa shape index (κ2) is 5.50. The Balaban J connectivity index is 1.46. The van der Waals surface area contributed by atoms with Gasteiger partial charge in [0, 0.05) is 18.1 Å². The molecule has 3 fully saturated rings. The monoisotopic (exact) mass is 250 g/mol. The third-order valence-corrected chi connectivity index (χ3v) is 5.03. The van der Waals surface area contributed by atoms with Crippen LogP contribution in [0.2, 0.25) is 0 Å². The summed E-state index contributed by atoms with van der Waals surface area (Å²) in [5, 5.41) is 3.74. The standard InChI is InChI=1S/C16H30N2/c1-12(2)9-10-18(15-6-7-15)16-8-3-13(16)11-17-14-4-5-14/h12-17H,3-11H2,1-2H3. The molecule has 0 amide bonds. The SMILES string of the molecule is CC(C)CCN(C1CC1)C1CCC1CNC1CC1. The summed E-state index contributed by atoms with van der Waals surface area (Å²) in [4.78, 5) is 2.88. The zero-order valence-electron chi connectivity index (χ0n) is 12.2. The van der Waals surface area contributed by atoms with Crippen molar-refractivity contribution in [2.45, 2.75) is 76.9 Å². The normalized spacial score (nSPS) is 32.0. The van der Waals surface area contributed by atoms with Crippen LogP contribution >= 0.6 is 0 Å². The van der Waals surface area contributed by atoms with E-state index in [0.29, 0.717) is 0 Å². The van der Waals surface area contributed by atoms with Gasteiger partial charge in [0.2, 0.25) is 0 Å². The number of rotatable bonds is 8. The van der Waals surface area contributed by atoms with Gasteiger partial charge in [0.05, 0.1) is 0 Å². The van der Waals surface area contributed by atoms with Crippen molar-refractivity contribution >= 4 is 0 Å². The molecular formula is C16H30N2. The van der Waals surface area contributed by atoms with Gasteiger partial charge in [-0.1, -0.05) is 13.8 Å². The molecule has 2 heteroatoms. The van der Waals surface area contributed by atoms with Crippen LogP contribution in [0.4, 0.5) is 0 Å². The molecule has 1 N–H and O–H groups in total. The highest BCUT2D eigenvalue weighted by molar-refractivity contribution is 4.97. The van der Waals surface area contributed by atoms with Gasteiger partial charge in [-0.25, -0.2) is 0 Å². The molecule has 3 saturated carbocycles. The number of hydrogen-bond donors (Lipinski definition) is 1. The summed E-state index contributed by atoms with van der Waals surface area (Å²) in [6.07, 6.45) is 10.1. The van der Waals surface area contributed by atoms with Crippen molar-refractivity contribution in [2.24, 2.45) is 11.8 Å². The van der Waals surface area contributed by atoms with Crippen molar-refractivity contribution in [2.75, 3.05) is 13.1 Å². The van der Waals surface area contributed by atoms with Crippen molar-refractivity contribution in [1.82, 2.24) is 10.2 Å². The average Bonchev–Trinajstić information content (AvgIpc) is 3.13. The summed E-state index contributed by atoms with van der Waals surface area (Å²) < 4.78 is 0. The van der Waals surface area contributed by atoms with Crippen molar-refractivity contribution in [3.8, 4) is 0 Å². The van der Waals surface area contributed by atoms with E-state index in [-0.39, 0.29) is 0 Å².